The van der Waals surface area contributed by atoms with Crippen LogP contribution in [0.3, 0.4) is 0 Å². The fourth-order valence-corrected chi connectivity index (χ4v) is 6.02. The molecule has 0 radical (unpaired) electrons. The van der Waals surface area contributed by atoms with Gasteiger partial charge < -0.3 is 30.2 Å². The molecular weight excluding hydrogens is 630 g/mol. The SMILES string of the molecule is Cl.Cl.NCCCn1cc(-c2ccc(OC(F)(F)F)cc2CN)c2cc(CN3CCN(Cc4cccc5c4OCO5)CC3)ccc21. The number of alkyl halides is 3. The molecule has 0 aliphatic carbocycles. The van der Waals surface area contributed by atoms with E-state index < -0.39 is 6.36 Å². The van der Waals surface area contributed by atoms with Crippen LogP contribution in [0.5, 0.6) is 17.2 Å². The van der Waals surface area contributed by atoms with Crippen molar-refractivity contribution < 1.29 is 27.4 Å². The number of nitrogens with zero attached hydrogens (tertiary/aromatic N) is 3. The Kier molecular flexibility index (Phi) is 11.5. The second-order valence-electron chi connectivity index (χ2n) is 11.0. The van der Waals surface area contributed by atoms with E-state index in [0.29, 0.717) is 12.1 Å². The van der Waals surface area contributed by atoms with Crippen molar-refractivity contribution in [3.8, 4) is 28.4 Å². The second-order valence-corrected chi connectivity index (χ2v) is 11.0. The third kappa shape index (κ3) is 7.97. The molecule has 0 unspecified atom stereocenters. The number of rotatable bonds is 10. The molecule has 0 atom stereocenters. The fourth-order valence-electron chi connectivity index (χ4n) is 6.02. The minimum absolute atomic E-state index is 0. The van der Waals surface area contributed by atoms with Crippen LogP contribution in [-0.4, -0.2) is 60.2 Å². The highest BCUT2D eigenvalue weighted by Crippen LogP contribution is 2.37. The lowest BCUT2D eigenvalue weighted by Gasteiger charge is -2.34. The Labute approximate surface area is 272 Å². The van der Waals surface area contributed by atoms with E-state index in [1.807, 2.05) is 12.1 Å². The molecule has 0 spiro atoms. The minimum atomic E-state index is -4.77. The lowest BCUT2D eigenvalue weighted by Crippen LogP contribution is -2.45. The number of halogens is 5. The molecule has 4 aromatic rings. The van der Waals surface area contributed by atoms with Gasteiger partial charge in [0.05, 0.1) is 0 Å². The van der Waals surface area contributed by atoms with Crippen LogP contribution in [0.15, 0.2) is 60.8 Å². The molecule has 2 aliphatic rings. The Balaban J connectivity index is 0.00000230. The van der Waals surface area contributed by atoms with Crippen LogP contribution in [0.1, 0.15) is 23.1 Å². The maximum absolute atomic E-state index is 12.9. The van der Waals surface area contributed by atoms with Gasteiger partial charge in [0.15, 0.2) is 11.5 Å². The van der Waals surface area contributed by atoms with Gasteiger partial charge in [0, 0.05) is 80.6 Å². The first kappa shape index (κ1) is 34.7. The van der Waals surface area contributed by atoms with Gasteiger partial charge in [-0.15, -0.1) is 38.0 Å². The summed E-state index contributed by atoms with van der Waals surface area (Å²) in [5.41, 5.74) is 17.5. The number of nitrogens with two attached hydrogens (primary N) is 2. The molecule has 244 valence electrons. The molecule has 4 N–H and O–H groups in total. The molecule has 13 heteroatoms. The Morgan fingerprint density at radius 1 is 0.822 bits per heavy atom. The topological polar surface area (TPSA) is 91.1 Å². The fraction of sp³-hybridized carbons (Fsp3) is 0.375. The molecule has 0 saturated carbocycles. The highest BCUT2D eigenvalue weighted by Gasteiger charge is 2.31. The van der Waals surface area contributed by atoms with E-state index in [-0.39, 0.29) is 43.9 Å². The Hall–Kier alpha value is -3.19. The van der Waals surface area contributed by atoms with E-state index in [1.165, 1.54) is 17.7 Å². The summed E-state index contributed by atoms with van der Waals surface area (Å²) in [6.45, 7) is 7.04. The largest absolute Gasteiger partial charge is 0.573 e. The number of benzene rings is 3. The summed E-state index contributed by atoms with van der Waals surface area (Å²) in [4.78, 5) is 4.89. The molecule has 6 rings (SSSR count). The quantitative estimate of drug-likeness (QED) is 0.218. The molecule has 0 amide bonds. The maximum Gasteiger partial charge on any atom is 0.573 e. The van der Waals surface area contributed by atoms with Crippen LogP contribution >= 0.6 is 24.8 Å². The van der Waals surface area contributed by atoms with Gasteiger partial charge in [-0.25, -0.2) is 0 Å². The van der Waals surface area contributed by atoms with Crippen molar-refractivity contribution in [1.29, 1.82) is 0 Å². The van der Waals surface area contributed by atoms with Crippen molar-refractivity contribution in [1.82, 2.24) is 14.4 Å². The summed E-state index contributed by atoms with van der Waals surface area (Å²) in [7, 11) is 0. The summed E-state index contributed by atoms with van der Waals surface area (Å²) in [5, 5.41) is 1.03. The third-order valence-corrected chi connectivity index (χ3v) is 8.11. The van der Waals surface area contributed by atoms with Gasteiger partial charge in [0.1, 0.15) is 5.75 Å². The van der Waals surface area contributed by atoms with Gasteiger partial charge >= 0.3 is 6.36 Å². The molecule has 2 aliphatic heterocycles. The molecule has 8 nitrogen and oxygen atoms in total. The molecule has 0 bridgehead atoms. The number of para-hydroxylation sites is 1. The number of ether oxygens (including phenoxy) is 3. The number of piperazine rings is 1. The average Bonchev–Trinajstić information content (AvgIpc) is 3.61. The third-order valence-electron chi connectivity index (χ3n) is 8.11. The van der Waals surface area contributed by atoms with Crippen LogP contribution < -0.4 is 25.7 Å². The number of aromatic nitrogens is 1. The minimum Gasteiger partial charge on any atom is -0.454 e. The summed E-state index contributed by atoms with van der Waals surface area (Å²) < 4.78 is 56.1. The zero-order valence-corrected chi connectivity index (χ0v) is 26.4. The number of hydrogen-bond acceptors (Lipinski definition) is 7. The predicted molar refractivity (Wildman–Crippen MR) is 173 cm³/mol. The molecule has 45 heavy (non-hydrogen) atoms. The smallest absolute Gasteiger partial charge is 0.454 e. The normalized spacial score (nSPS) is 15.1. The van der Waals surface area contributed by atoms with E-state index in [9.17, 15) is 13.2 Å². The molecular formula is C32H38Cl2F3N5O3. The lowest BCUT2D eigenvalue weighted by molar-refractivity contribution is -0.274. The zero-order valence-electron chi connectivity index (χ0n) is 24.7. The van der Waals surface area contributed by atoms with Crippen LogP contribution in [0.4, 0.5) is 13.2 Å². The van der Waals surface area contributed by atoms with E-state index in [4.69, 9.17) is 20.9 Å². The molecule has 1 aromatic heterocycles. The Bertz CT molecular complexity index is 1590. The predicted octanol–water partition coefficient (Wildman–Crippen LogP) is 5.90. The van der Waals surface area contributed by atoms with E-state index in [0.717, 1.165) is 91.3 Å². The second kappa shape index (κ2) is 14.9. The van der Waals surface area contributed by atoms with Crippen LogP contribution in [-0.2, 0) is 26.2 Å². The van der Waals surface area contributed by atoms with Crippen molar-refractivity contribution in [2.45, 2.75) is 39.0 Å². The summed E-state index contributed by atoms with van der Waals surface area (Å²) in [6.07, 6.45) is -1.91. The van der Waals surface area contributed by atoms with Gasteiger partial charge in [-0.3, -0.25) is 9.80 Å². The van der Waals surface area contributed by atoms with Crippen molar-refractivity contribution in [2.24, 2.45) is 11.5 Å². The highest BCUT2D eigenvalue weighted by molar-refractivity contribution is 5.97. The summed E-state index contributed by atoms with van der Waals surface area (Å²) in [5.74, 6) is 1.39. The summed E-state index contributed by atoms with van der Waals surface area (Å²) >= 11 is 0. The van der Waals surface area contributed by atoms with Gasteiger partial charge in [0.25, 0.3) is 0 Å². The van der Waals surface area contributed by atoms with Crippen molar-refractivity contribution in [3.05, 3.63) is 77.5 Å². The molecule has 3 heterocycles. The first-order valence-corrected chi connectivity index (χ1v) is 14.5. The van der Waals surface area contributed by atoms with Gasteiger partial charge in [-0.2, -0.15) is 0 Å². The first-order valence-electron chi connectivity index (χ1n) is 14.5. The zero-order chi connectivity index (χ0) is 30.0. The molecule has 3 aromatic carbocycles. The van der Waals surface area contributed by atoms with E-state index in [1.54, 1.807) is 6.07 Å². The van der Waals surface area contributed by atoms with Gasteiger partial charge in [-0.1, -0.05) is 24.3 Å². The van der Waals surface area contributed by atoms with Crippen molar-refractivity contribution in [3.63, 3.8) is 0 Å². The van der Waals surface area contributed by atoms with Gasteiger partial charge in [0.2, 0.25) is 6.79 Å². The lowest BCUT2D eigenvalue weighted by atomic mass is 9.98. The Morgan fingerprint density at radius 3 is 2.29 bits per heavy atom. The summed E-state index contributed by atoms with van der Waals surface area (Å²) in [6, 6.07) is 16.9. The molecule has 1 saturated heterocycles. The highest BCUT2D eigenvalue weighted by atomic mass is 35.5. The number of aryl methyl sites for hydroxylation is 1. The Morgan fingerprint density at radius 2 is 1.58 bits per heavy atom. The van der Waals surface area contributed by atoms with E-state index >= 15 is 0 Å². The number of fused-ring (bicyclic) bond motifs is 2. The van der Waals surface area contributed by atoms with Crippen LogP contribution in [0.25, 0.3) is 22.0 Å². The first-order chi connectivity index (χ1) is 20.8. The standard InChI is InChI=1S/C32H36F3N5O3.2ClH/c33-32(34,35)43-25-6-7-26(24(16-25)17-37)28-20-40(10-2-9-36)29-8-5-22(15-27(28)29)18-38-11-13-39(14-12-38)19-23-3-1-4-30-31(23)42-21-41-30;;/h1,3-8,15-16,20H,2,9-14,17-19,21,36-37H2;2*1H. The van der Waals surface area contributed by atoms with Crippen LogP contribution in [0, 0.1) is 0 Å². The maximum atomic E-state index is 12.9. The van der Waals surface area contributed by atoms with E-state index in [2.05, 4.69) is 49.6 Å². The monoisotopic (exact) mass is 667 g/mol. The average molecular weight is 669 g/mol. The van der Waals surface area contributed by atoms with Crippen molar-refractivity contribution in [2.75, 3.05) is 39.5 Å². The van der Waals surface area contributed by atoms with Crippen molar-refractivity contribution >= 4 is 35.7 Å². The van der Waals surface area contributed by atoms with Crippen LogP contribution in [0.2, 0.25) is 0 Å². The van der Waals surface area contributed by atoms with Gasteiger partial charge in [-0.05, 0) is 60.0 Å². The molecule has 1 fully saturated rings. The number of hydrogen-bond donors (Lipinski definition) is 2.